The molecule has 0 spiro atoms. The summed E-state index contributed by atoms with van der Waals surface area (Å²) < 4.78 is 0. The number of carbonyl (C=O) groups excluding carboxylic acids is 2. The lowest BCUT2D eigenvalue weighted by Gasteiger charge is -2.10. The molecule has 2 amide bonds. The van der Waals surface area contributed by atoms with E-state index in [1.165, 1.54) is 29.3 Å². The Morgan fingerprint density at radius 3 is 3.04 bits per heavy atom. The van der Waals surface area contributed by atoms with Gasteiger partial charge in [0.25, 0.3) is 5.91 Å². The third kappa shape index (κ3) is 3.53. The summed E-state index contributed by atoms with van der Waals surface area (Å²) >= 11 is 8.38. The maximum absolute atomic E-state index is 12.3. The summed E-state index contributed by atoms with van der Waals surface area (Å²) in [5.41, 5.74) is 6.80. The molecule has 7 nitrogen and oxygen atoms in total. The van der Waals surface area contributed by atoms with Crippen LogP contribution in [0.3, 0.4) is 0 Å². The Balaban J connectivity index is 1.71. The number of imidazole rings is 1. The first-order valence-corrected chi connectivity index (χ1v) is 8.94. The van der Waals surface area contributed by atoms with Crippen molar-refractivity contribution in [3.05, 3.63) is 34.3 Å². The summed E-state index contributed by atoms with van der Waals surface area (Å²) in [6, 6.07) is 3.30. The number of thiophene rings is 1. The van der Waals surface area contributed by atoms with Crippen molar-refractivity contribution in [2.24, 2.45) is 5.73 Å². The lowest BCUT2D eigenvalue weighted by Crippen LogP contribution is -2.23. The van der Waals surface area contributed by atoms with E-state index in [9.17, 15) is 9.59 Å². The highest BCUT2D eigenvalue weighted by molar-refractivity contribution is 8.00. The topological polar surface area (TPSA) is 114 Å². The van der Waals surface area contributed by atoms with Gasteiger partial charge in [0.15, 0.2) is 10.8 Å². The van der Waals surface area contributed by atoms with Crippen LogP contribution in [-0.2, 0) is 4.79 Å². The molecule has 4 N–H and O–H groups in total. The van der Waals surface area contributed by atoms with Gasteiger partial charge < -0.3 is 16.0 Å². The number of rotatable bonds is 5. The van der Waals surface area contributed by atoms with E-state index in [1.807, 2.05) is 0 Å². The minimum Gasteiger partial charge on any atom is -0.366 e. The van der Waals surface area contributed by atoms with Gasteiger partial charge in [-0.25, -0.2) is 9.97 Å². The van der Waals surface area contributed by atoms with Crippen LogP contribution in [0.1, 0.15) is 17.3 Å². The number of nitrogens with one attached hydrogen (secondary N) is 2. The molecule has 0 aliphatic rings. The molecule has 0 bridgehead atoms. The number of H-pyrrole nitrogens is 1. The number of anilines is 1. The normalized spacial score (nSPS) is 12.2. The lowest BCUT2D eigenvalue weighted by molar-refractivity contribution is -0.115. The smallest absolute Gasteiger partial charge is 0.251 e. The lowest BCUT2D eigenvalue weighted by atomic mass is 10.3. The van der Waals surface area contributed by atoms with E-state index in [2.05, 4.69) is 20.3 Å². The first kappa shape index (κ1) is 16.7. The van der Waals surface area contributed by atoms with Crippen LogP contribution < -0.4 is 11.1 Å². The summed E-state index contributed by atoms with van der Waals surface area (Å²) in [7, 11) is 0. The third-order valence-electron chi connectivity index (χ3n) is 3.11. The van der Waals surface area contributed by atoms with Crippen molar-refractivity contribution < 1.29 is 9.59 Å². The minimum absolute atomic E-state index is 0.253. The van der Waals surface area contributed by atoms with Crippen molar-refractivity contribution in [2.45, 2.75) is 17.3 Å². The fraction of sp³-hybridized carbons (Fsp3) is 0.143. The Hall–Kier alpha value is -2.10. The van der Waals surface area contributed by atoms with Gasteiger partial charge >= 0.3 is 0 Å². The molecule has 10 heteroatoms. The highest BCUT2D eigenvalue weighted by Gasteiger charge is 2.20. The summed E-state index contributed by atoms with van der Waals surface area (Å²) in [4.78, 5) is 35.1. The molecule has 0 saturated heterocycles. The van der Waals surface area contributed by atoms with E-state index in [0.29, 0.717) is 31.9 Å². The van der Waals surface area contributed by atoms with E-state index in [1.54, 1.807) is 24.4 Å². The van der Waals surface area contributed by atoms with Gasteiger partial charge in [-0.05, 0) is 24.4 Å². The number of thioether (sulfide) groups is 1. The third-order valence-corrected chi connectivity index (χ3v) is 5.13. The Morgan fingerprint density at radius 2 is 2.29 bits per heavy atom. The van der Waals surface area contributed by atoms with Gasteiger partial charge in [0.1, 0.15) is 5.00 Å². The number of hydrogen-bond acceptors (Lipinski definition) is 6. The van der Waals surface area contributed by atoms with Crippen LogP contribution in [0, 0.1) is 0 Å². The monoisotopic (exact) mass is 381 g/mol. The summed E-state index contributed by atoms with van der Waals surface area (Å²) in [5, 5.41) is 5.48. The van der Waals surface area contributed by atoms with E-state index in [-0.39, 0.29) is 5.91 Å². The highest BCUT2D eigenvalue weighted by Crippen LogP contribution is 2.27. The number of aromatic nitrogens is 3. The predicted octanol–water partition coefficient (Wildman–Crippen LogP) is 2.89. The molecule has 0 fully saturated rings. The molecule has 0 aliphatic carbocycles. The second-order valence-electron chi connectivity index (χ2n) is 4.84. The zero-order chi connectivity index (χ0) is 17.3. The molecule has 0 radical (unpaired) electrons. The molecule has 124 valence electrons. The van der Waals surface area contributed by atoms with Crippen LogP contribution in [0.25, 0.3) is 11.2 Å². The number of hydrogen-bond donors (Lipinski definition) is 3. The fourth-order valence-corrected chi connectivity index (χ4v) is 3.71. The van der Waals surface area contributed by atoms with Crippen molar-refractivity contribution in [2.75, 3.05) is 5.32 Å². The van der Waals surface area contributed by atoms with Gasteiger partial charge in [0.05, 0.1) is 21.4 Å². The fourth-order valence-electron chi connectivity index (χ4n) is 1.94. The van der Waals surface area contributed by atoms with E-state index < -0.39 is 11.2 Å². The number of pyridine rings is 1. The maximum atomic E-state index is 12.3. The number of halogens is 1. The maximum Gasteiger partial charge on any atom is 0.251 e. The minimum atomic E-state index is -0.577. The number of aromatic amines is 1. The van der Waals surface area contributed by atoms with Crippen LogP contribution >= 0.6 is 34.7 Å². The molecule has 0 saturated carbocycles. The zero-order valence-electron chi connectivity index (χ0n) is 12.4. The van der Waals surface area contributed by atoms with Crippen LogP contribution in [0.4, 0.5) is 5.00 Å². The van der Waals surface area contributed by atoms with Crippen LogP contribution in [0.15, 0.2) is 28.9 Å². The van der Waals surface area contributed by atoms with E-state index in [4.69, 9.17) is 17.3 Å². The van der Waals surface area contributed by atoms with Gasteiger partial charge in [-0.1, -0.05) is 23.4 Å². The van der Waals surface area contributed by atoms with Gasteiger partial charge in [-0.3, -0.25) is 9.59 Å². The second-order valence-corrected chi connectivity index (χ2v) is 7.53. The van der Waals surface area contributed by atoms with E-state index in [0.717, 1.165) is 0 Å². The Kier molecular flexibility index (Phi) is 4.74. The molecule has 0 aromatic carbocycles. The zero-order valence-corrected chi connectivity index (χ0v) is 14.8. The summed E-state index contributed by atoms with van der Waals surface area (Å²) in [6.07, 6.45) is 1.51. The van der Waals surface area contributed by atoms with Gasteiger partial charge in [-0.2, -0.15) is 0 Å². The number of amides is 2. The van der Waals surface area contributed by atoms with E-state index >= 15 is 0 Å². The standard InChI is InChI=1S/C14H12ClN5O2S2/c1-6(12(22)20-13-8(10(16)21)2-3-23-13)24-14-18-9-4-7(15)5-17-11(9)19-14/h2-6H,1H3,(H2,16,21)(H,20,22)(H,17,18,19)/t6-/m1/s1. The van der Waals surface area contributed by atoms with Crippen LogP contribution in [-0.4, -0.2) is 32.0 Å². The molecule has 0 unspecified atom stereocenters. The number of primary amides is 1. The molecule has 0 aliphatic heterocycles. The quantitative estimate of drug-likeness (QED) is 0.588. The molecular weight excluding hydrogens is 370 g/mol. The molecule has 3 rings (SSSR count). The summed E-state index contributed by atoms with van der Waals surface area (Å²) in [5.74, 6) is -0.830. The molecule has 3 aromatic heterocycles. The number of fused-ring (bicyclic) bond motifs is 1. The molecule has 3 heterocycles. The molecule has 24 heavy (non-hydrogen) atoms. The molecular formula is C14H12ClN5O2S2. The van der Waals surface area contributed by atoms with Crippen molar-refractivity contribution in [1.29, 1.82) is 0 Å². The van der Waals surface area contributed by atoms with Gasteiger partial charge in [0, 0.05) is 6.20 Å². The predicted molar refractivity (Wildman–Crippen MR) is 95.7 cm³/mol. The second kappa shape index (κ2) is 6.80. The highest BCUT2D eigenvalue weighted by atomic mass is 35.5. The largest absolute Gasteiger partial charge is 0.366 e. The first-order chi connectivity index (χ1) is 11.4. The molecule has 1 atom stereocenters. The number of carbonyl (C=O) groups is 2. The van der Waals surface area contributed by atoms with Gasteiger partial charge in [0.2, 0.25) is 5.91 Å². The van der Waals surface area contributed by atoms with Crippen molar-refractivity contribution >= 4 is 62.7 Å². The van der Waals surface area contributed by atoms with Crippen molar-refractivity contribution in [3.8, 4) is 0 Å². The van der Waals surface area contributed by atoms with Gasteiger partial charge in [-0.15, -0.1) is 11.3 Å². The SMILES string of the molecule is C[C@@H](Sc1nc2ncc(Cl)cc2[nH]1)C(=O)Nc1sccc1C(N)=O. The number of nitrogens with zero attached hydrogens (tertiary/aromatic N) is 2. The average molecular weight is 382 g/mol. The van der Waals surface area contributed by atoms with Crippen molar-refractivity contribution in [1.82, 2.24) is 15.0 Å². The number of nitrogens with two attached hydrogens (primary N) is 1. The van der Waals surface area contributed by atoms with Crippen LogP contribution in [0.2, 0.25) is 5.02 Å². The Morgan fingerprint density at radius 1 is 1.50 bits per heavy atom. The molecule has 3 aromatic rings. The Bertz CT molecular complexity index is 923. The Labute approximate surface area is 150 Å². The summed E-state index contributed by atoms with van der Waals surface area (Å²) in [6.45, 7) is 1.74. The average Bonchev–Trinajstić information content (AvgIpc) is 3.12. The van der Waals surface area contributed by atoms with Crippen LogP contribution in [0.5, 0.6) is 0 Å². The first-order valence-electron chi connectivity index (χ1n) is 6.80. The van der Waals surface area contributed by atoms with Crippen molar-refractivity contribution in [3.63, 3.8) is 0 Å².